The van der Waals surface area contributed by atoms with Gasteiger partial charge in [0, 0.05) is 33.9 Å². The molecule has 120 valence electrons. The molecule has 0 unspecified atom stereocenters. The van der Waals surface area contributed by atoms with Gasteiger partial charge in [0.15, 0.2) is 0 Å². The van der Waals surface area contributed by atoms with Crippen molar-refractivity contribution in [1.29, 1.82) is 0 Å². The second-order valence-corrected chi connectivity index (χ2v) is 8.12. The van der Waals surface area contributed by atoms with E-state index in [0.717, 1.165) is 36.9 Å². The monoisotopic (exact) mass is 316 g/mol. The van der Waals surface area contributed by atoms with Crippen molar-refractivity contribution >= 4 is 10.0 Å². The fourth-order valence-electron chi connectivity index (χ4n) is 2.30. The Bertz CT molecular complexity index is 559. The van der Waals surface area contributed by atoms with Gasteiger partial charge in [-0.1, -0.05) is 6.92 Å². The Balaban J connectivity index is 1.89. The molecule has 6 nitrogen and oxygen atoms in total. The summed E-state index contributed by atoms with van der Waals surface area (Å²) in [6.45, 7) is 5.26. The Kier molecular flexibility index (Phi) is 5.08. The van der Waals surface area contributed by atoms with Crippen LogP contribution in [0.2, 0.25) is 0 Å². The topological polar surface area (TPSA) is 71.8 Å². The fourth-order valence-corrected chi connectivity index (χ4v) is 3.11. The number of sulfonamides is 1. The molecule has 1 fully saturated rings. The van der Waals surface area contributed by atoms with Gasteiger partial charge in [-0.05, 0) is 30.4 Å². The van der Waals surface area contributed by atoms with E-state index in [-0.39, 0.29) is 10.5 Å². The largest absolute Gasteiger partial charge is 0.447 e. The molecular weight excluding hydrogens is 292 g/mol. The molecule has 2 heterocycles. The predicted molar refractivity (Wildman–Crippen MR) is 79.4 cm³/mol. The van der Waals surface area contributed by atoms with E-state index in [1.807, 2.05) is 0 Å². The zero-order valence-electron chi connectivity index (χ0n) is 12.9. The number of hydrogen-bond donors (Lipinski definition) is 1. The van der Waals surface area contributed by atoms with E-state index in [0.29, 0.717) is 12.3 Å². The van der Waals surface area contributed by atoms with Gasteiger partial charge >= 0.3 is 0 Å². The maximum Gasteiger partial charge on any atom is 0.275 e. The zero-order valence-corrected chi connectivity index (χ0v) is 13.7. The third-order valence-corrected chi connectivity index (χ3v) is 5.61. The lowest BCUT2D eigenvalue weighted by Gasteiger charge is -2.33. The third kappa shape index (κ3) is 4.06. The van der Waals surface area contributed by atoms with Crippen LogP contribution in [0.4, 0.5) is 0 Å². The van der Waals surface area contributed by atoms with Crippen molar-refractivity contribution in [3.8, 4) is 0 Å². The Morgan fingerprint density at radius 1 is 1.29 bits per heavy atom. The second kappa shape index (κ2) is 6.48. The first kappa shape index (κ1) is 16.5. The maximum absolute atomic E-state index is 11.9. The van der Waals surface area contributed by atoms with Crippen molar-refractivity contribution in [3.63, 3.8) is 0 Å². The van der Waals surface area contributed by atoms with Crippen molar-refractivity contribution in [1.82, 2.24) is 9.62 Å². The van der Waals surface area contributed by atoms with Crippen LogP contribution in [0.3, 0.4) is 0 Å². The van der Waals surface area contributed by atoms with Crippen LogP contribution in [0.15, 0.2) is 21.6 Å². The van der Waals surface area contributed by atoms with Crippen LogP contribution < -0.4 is 5.32 Å². The molecule has 1 N–H and O–H groups in total. The highest BCUT2D eigenvalue weighted by molar-refractivity contribution is 7.88. The van der Waals surface area contributed by atoms with Crippen LogP contribution in [0.25, 0.3) is 0 Å². The highest BCUT2D eigenvalue weighted by atomic mass is 32.2. The quantitative estimate of drug-likeness (QED) is 0.860. The Morgan fingerprint density at radius 2 is 1.95 bits per heavy atom. The number of ether oxygens (including phenoxy) is 1. The highest BCUT2D eigenvalue weighted by Crippen LogP contribution is 2.28. The molecule has 0 amide bonds. The standard InChI is InChI=1S/C14H24N2O4S/c1-14(6-8-19-9-7-14)11-15-10-12-4-5-13(20-12)21(17,18)16(2)3/h4-5,15H,6-11H2,1-3H3. The lowest BCUT2D eigenvalue weighted by atomic mass is 9.82. The lowest BCUT2D eigenvalue weighted by Crippen LogP contribution is -2.36. The molecule has 1 aromatic rings. The van der Waals surface area contributed by atoms with Crippen molar-refractivity contribution in [2.75, 3.05) is 33.9 Å². The van der Waals surface area contributed by atoms with Gasteiger partial charge in [0.2, 0.25) is 5.09 Å². The number of nitrogens with zero attached hydrogens (tertiary/aromatic N) is 1. The average molecular weight is 316 g/mol. The normalized spacial score (nSPS) is 19.0. The molecule has 1 aliphatic rings. The number of nitrogens with one attached hydrogen (secondary N) is 1. The van der Waals surface area contributed by atoms with Crippen LogP contribution >= 0.6 is 0 Å². The van der Waals surface area contributed by atoms with Crippen molar-refractivity contribution in [2.24, 2.45) is 5.41 Å². The first-order chi connectivity index (χ1) is 9.83. The molecule has 21 heavy (non-hydrogen) atoms. The molecule has 1 saturated heterocycles. The molecule has 0 aliphatic carbocycles. The van der Waals surface area contributed by atoms with Gasteiger partial charge in [-0.15, -0.1) is 0 Å². The van der Waals surface area contributed by atoms with Gasteiger partial charge in [-0.25, -0.2) is 12.7 Å². The SMILES string of the molecule is CN(C)S(=O)(=O)c1ccc(CNCC2(C)CCOCC2)o1. The molecule has 0 atom stereocenters. The summed E-state index contributed by atoms with van der Waals surface area (Å²) in [5.41, 5.74) is 0.239. The summed E-state index contributed by atoms with van der Waals surface area (Å²) in [4.78, 5) is 0. The van der Waals surface area contributed by atoms with E-state index in [1.54, 1.807) is 6.07 Å². The lowest BCUT2D eigenvalue weighted by molar-refractivity contribution is 0.0238. The summed E-state index contributed by atoms with van der Waals surface area (Å²) in [5, 5.41) is 3.34. The van der Waals surface area contributed by atoms with Gasteiger partial charge in [-0.3, -0.25) is 0 Å². The number of rotatable bonds is 6. The predicted octanol–water partition coefficient (Wildman–Crippen LogP) is 1.44. The average Bonchev–Trinajstić information content (AvgIpc) is 2.88. The molecule has 0 aromatic carbocycles. The molecule has 7 heteroatoms. The smallest absolute Gasteiger partial charge is 0.275 e. The summed E-state index contributed by atoms with van der Waals surface area (Å²) in [7, 11) is -0.516. The second-order valence-electron chi connectivity index (χ2n) is 6.03. The summed E-state index contributed by atoms with van der Waals surface area (Å²) < 4.78 is 35.8. The molecule has 2 rings (SSSR count). The van der Waals surface area contributed by atoms with Gasteiger partial charge in [-0.2, -0.15) is 0 Å². The van der Waals surface area contributed by atoms with E-state index in [1.165, 1.54) is 20.2 Å². The molecule has 0 spiro atoms. The molecule has 1 aromatic heterocycles. The minimum atomic E-state index is -3.49. The van der Waals surface area contributed by atoms with Gasteiger partial charge < -0.3 is 14.5 Å². The number of furan rings is 1. The Morgan fingerprint density at radius 3 is 2.57 bits per heavy atom. The Labute approximate surface area is 126 Å². The molecule has 0 bridgehead atoms. The van der Waals surface area contributed by atoms with Gasteiger partial charge in [0.05, 0.1) is 6.54 Å². The van der Waals surface area contributed by atoms with Gasteiger partial charge in [0.1, 0.15) is 5.76 Å². The van der Waals surface area contributed by atoms with Crippen LogP contribution in [0, 0.1) is 5.41 Å². The van der Waals surface area contributed by atoms with E-state index in [2.05, 4.69) is 12.2 Å². The zero-order chi connectivity index (χ0) is 15.5. The first-order valence-corrected chi connectivity index (χ1v) is 8.57. The van der Waals surface area contributed by atoms with E-state index in [4.69, 9.17) is 9.15 Å². The summed E-state index contributed by atoms with van der Waals surface area (Å²) in [6.07, 6.45) is 2.08. The molecule has 1 aliphatic heterocycles. The summed E-state index contributed by atoms with van der Waals surface area (Å²) in [5.74, 6) is 0.631. The molecule has 0 saturated carbocycles. The van der Waals surface area contributed by atoms with Gasteiger partial charge in [0.25, 0.3) is 10.0 Å². The highest BCUT2D eigenvalue weighted by Gasteiger charge is 2.27. The van der Waals surface area contributed by atoms with Crippen LogP contribution in [-0.2, 0) is 21.3 Å². The van der Waals surface area contributed by atoms with Crippen molar-refractivity contribution in [3.05, 3.63) is 17.9 Å². The van der Waals surface area contributed by atoms with Crippen molar-refractivity contribution < 1.29 is 17.6 Å². The minimum Gasteiger partial charge on any atom is -0.447 e. The van der Waals surface area contributed by atoms with Crippen LogP contribution in [0.5, 0.6) is 0 Å². The summed E-state index contributed by atoms with van der Waals surface area (Å²) in [6, 6.07) is 3.21. The van der Waals surface area contributed by atoms with Crippen LogP contribution in [0.1, 0.15) is 25.5 Å². The van der Waals surface area contributed by atoms with Crippen molar-refractivity contribution in [2.45, 2.75) is 31.4 Å². The fraction of sp³-hybridized carbons (Fsp3) is 0.714. The van der Waals surface area contributed by atoms with E-state index < -0.39 is 10.0 Å². The number of hydrogen-bond acceptors (Lipinski definition) is 5. The minimum absolute atomic E-state index is 0.0124. The first-order valence-electron chi connectivity index (χ1n) is 7.13. The maximum atomic E-state index is 11.9. The van der Waals surface area contributed by atoms with E-state index >= 15 is 0 Å². The third-order valence-electron chi connectivity index (χ3n) is 3.92. The van der Waals surface area contributed by atoms with E-state index in [9.17, 15) is 8.42 Å². The van der Waals surface area contributed by atoms with Crippen LogP contribution in [-0.4, -0.2) is 46.6 Å². The molecule has 0 radical (unpaired) electrons. The summed E-state index contributed by atoms with van der Waals surface area (Å²) >= 11 is 0. The Hall–Kier alpha value is -0.890. The molecular formula is C14H24N2O4S.